The average Bonchev–Trinajstić information content (AvgIpc) is 2.81. The number of methoxy groups -OCH3 is 1. The van der Waals surface area contributed by atoms with Gasteiger partial charge >= 0.3 is 0 Å². The first-order valence-corrected chi connectivity index (χ1v) is 11.0. The predicted octanol–water partition coefficient (Wildman–Crippen LogP) is 4.87. The highest BCUT2D eigenvalue weighted by molar-refractivity contribution is 6.02. The van der Waals surface area contributed by atoms with Crippen molar-refractivity contribution in [2.24, 2.45) is 5.10 Å². The Labute approximate surface area is 185 Å². The molecule has 2 aromatic rings. The summed E-state index contributed by atoms with van der Waals surface area (Å²) in [7, 11) is 5.69. The van der Waals surface area contributed by atoms with Gasteiger partial charge in [0.25, 0.3) is 0 Å². The second-order valence-corrected chi connectivity index (χ2v) is 8.22. The molecule has 0 bridgehead atoms. The topological polar surface area (TPSA) is 52.1 Å². The summed E-state index contributed by atoms with van der Waals surface area (Å²) < 4.78 is 5.86. The lowest BCUT2D eigenvalue weighted by molar-refractivity contribution is 0.408. The standard InChI is InChI=1S/C25H33N5O/c1-17(18(2)29(4)23-13-7-6-12-21(23)26-3)27-28-22-16-19-10-8-14-30-15-9-11-20(24(19)30)25(22)31-5/h6-7,12-13,16,26,28H,2,8-11,14-15H2,1,3-5H3/b27-17+. The van der Waals surface area contributed by atoms with Gasteiger partial charge in [-0.3, -0.25) is 5.43 Å². The van der Waals surface area contributed by atoms with E-state index in [0.717, 1.165) is 60.2 Å². The van der Waals surface area contributed by atoms with Gasteiger partial charge in [-0.25, -0.2) is 0 Å². The second kappa shape index (κ2) is 8.92. The van der Waals surface area contributed by atoms with Gasteiger partial charge in [0.05, 0.1) is 35.6 Å². The molecule has 6 heteroatoms. The van der Waals surface area contributed by atoms with Crippen LogP contribution in [-0.2, 0) is 12.8 Å². The van der Waals surface area contributed by atoms with Crippen molar-refractivity contribution in [1.82, 2.24) is 0 Å². The number of para-hydroxylation sites is 2. The van der Waals surface area contributed by atoms with Crippen LogP contribution in [-0.4, -0.2) is 40.0 Å². The molecule has 2 aliphatic heterocycles. The minimum absolute atomic E-state index is 0.823. The largest absolute Gasteiger partial charge is 0.494 e. The number of aryl methyl sites for hydroxylation is 1. The summed E-state index contributed by atoms with van der Waals surface area (Å²) in [5.74, 6) is 0.918. The Morgan fingerprint density at radius 3 is 2.65 bits per heavy atom. The summed E-state index contributed by atoms with van der Waals surface area (Å²) in [4.78, 5) is 4.58. The van der Waals surface area contributed by atoms with Gasteiger partial charge in [-0.15, -0.1) is 0 Å². The summed E-state index contributed by atoms with van der Waals surface area (Å²) in [6.45, 7) is 8.54. The summed E-state index contributed by atoms with van der Waals surface area (Å²) in [6, 6.07) is 10.4. The Balaban J connectivity index is 1.60. The van der Waals surface area contributed by atoms with Gasteiger partial charge in [-0.2, -0.15) is 5.10 Å². The number of rotatable bonds is 7. The number of benzene rings is 2. The molecular weight excluding hydrogens is 386 g/mol. The molecule has 0 spiro atoms. The van der Waals surface area contributed by atoms with Crippen molar-refractivity contribution >= 4 is 28.5 Å². The molecule has 0 radical (unpaired) electrons. The van der Waals surface area contributed by atoms with Crippen molar-refractivity contribution in [2.45, 2.75) is 32.6 Å². The summed E-state index contributed by atoms with van der Waals surface area (Å²) in [5.41, 5.74) is 12.1. The van der Waals surface area contributed by atoms with Crippen LogP contribution in [0.4, 0.5) is 22.7 Å². The lowest BCUT2D eigenvalue weighted by Crippen LogP contribution is -2.34. The van der Waals surface area contributed by atoms with Crippen LogP contribution in [0.25, 0.3) is 0 Å². The van der Waals surface area contributed by atoms with Gasteiger partial charge in [-0.05, 0) is 56.4 Å². The first kappa shape index (κ1) is 21.1. The highest BCUT2D eigenvalue weighted by atomic mass is 16.5. The molecular formula is C25H33N5O. The Morgan fingerprint density at radius 1 is 1.16 bits per heavy atom. The monoisotopic (exact) mass is 419 g/mol. The number of hydrazone groups is 1. The van der Waals surface area contributed by atoms with Crippen LogP contribution >= 0.6 is 0 Å². The zero-order valence-corrected chi connectivity index (χ0v) is 19.1. The molecule has 2 aromatic carbocycles. The lowest BCUT2D eigenvalue weighted by Gasteiger charge is -2.38. The van der Waals surface area contributed by atoms with E-state index in [-0.39, 0.29) is 0 Å². The number of nitrogens with zero attached hydrogens (tertiary/aromatic N) is 3. The molecule has 2 aliphatic rings. The number of hydrogen-bond donors (Lipinski definition) is 2. The Bertz CT molecular complexity index is 1010. The van der Waals surface area contributed by atoms with E-state index in [2.05, 4.69) is 50.4 Å². The van der Waals surface area contributed by atoms with E-state index in [0.29, 0.717) is 0 Å². The maximum absolute atomic E-state index is 5.86. The van der Waals surface area contributed by atoms with Gasteiger partial charge < -0.3 is 19.9 Å². The molecule has 164 valence electrons. The molecule has 0 saturated carbocycles. The van der Waals surface area contributed by atoms with E-state index in [1.807, 2.05) is 33.2 Å². The van der Waals surface area contributed by atoms with E-state index < -0.39 is 0 Å². The van der Waals surface area contributed by atoms with Crippen molar-refractivity contribution in [3.63, 3.8) is 0 Å². The van der Waals surface area contributed by atoms with Crippen molar-refractivity contribution < 1.29 is 4.74 Å². The zero-order valence-electron chi connectivity index (χ0n) is 19.1. The fourth-order valence-corrected chi connectivity index (χ4v) is 4.72. The van der Waals surface area contributed by atoms with E-state index >= 15 is 0 Å². The van der Waals surface area contributed by atoms with Gasteiger partial charge in [0, 0.05) is 38.4 Å². The normalized spacial score (nSPS) is 15.2. The number of nitrogens with one attached hydrogen (secondary N) is 2. The first-order valence-electron chi connectivity index (χ1n) is 11.0. The predicted molar refractivity (Wildman–Crippen MR) is 132 cm³/mol. The molecule has 6 nitrogen and oxygen atoms in total. The second-order valence-electron chi connectivity index (χ2n) is 8.22. The Morgan fingerprint density at radius 2 is 1.90 bits per heavy atom. The molecule has 31 heavy (non-hydrogen) atoms. The van der Waals surface area contributed by atoms with Crippen LogP contribution in [0.1, 0.15) is 30.9 Å². The Hall–Kier alpha value is -3.15. The highest BCUT2D eigenvalue weighted by Crippen LogP contribution is 2.44. The number of ether oxygens (including phenoxy) is 1. The lowest BCUT2D eigenvalue weighted by atomic mass is 9.90. The van der Waals surface area contributed by atoms with E-state index in [9.17, 15) is 0 Å². The average molecular weight is 420 g/mol. The third kappa shape index (κ3) is 3.94. The molecule has 2 N–H and O–H groups in total. The molecule has 0 aliphatic carbocycles. The summed E-state index contributed by atoms with van der Waals surface area (Å²) in [5, 5.41) is 7.91. The van der Waals surface area contributed by atoms with Crippen LogP contribution in [0.3, 0.4) is 0 Å². The maximum atomic E-state index is 5.86. The van der Waals surface area contributed by atoms with Gasteiger partial charge in [0.15, 0.2) is 0 Å². The van der Waals surface area contributed by atoms with Crippen LogP contribution in [0.5, 0.6) is 5.75 Å². The fourth-order valence-electron chi connectivity index (χ4n) is 4.72. The minimum Gasteiger partial charge on any atom is -0.494 e. The first-order chi connectivity index (χ1) is 15.0. The quantitative estimate of drug-likeness (QED) is 0.495. The van der Waals surface area contributed by atoms with Crippen molar-refractivity contribution in [1.29, 1.82) is 0 Å². The van der Waals surface area contributed by atoms with Gasteiger partial charge in [0.1, 0.15) is 5.75 Å². The summed E-state index contributed by atoms with van der Waals surface area (Å²) >= 11 is 0. The SMILES string of the molecule is C=C(/C(C)=N/Nc1cc2c3c(c1OC)CCCN3CCC2)N(C)c1ccccc1NC. The molecule has 2 heterocycles. The molecule has 0 unspecified atom stereocenters. The number of allylic oxidation sites excluding steroid dienone is 1. The third-order valence-corrected chi connectivity index (χ3v) is 6.38. The zero-order chi connectivity index (χ0) is 22.0. The van der Waals surface area contributed by atoms with Gasteiger partial charge in [-0.1, -0.05) is 18.7 Å². The third-order valence-electron chi connectivity index (χ3n) is 6.38. The molecule has 0 aromatic heterocycles. The van der Waals surface area contributed by atoms with Crippen LogP contribution in [0.2, 0.25) is 0 Å². The Kier molecular flexibility index (Phi) is 6.07. The number of hydrogen-bond acceptors (Lipinski definition) is 6. The van der Waals surface area contributed by atoms with Gasteiger partial charge in [0.2, 0.25) is 0 Å². The molecule has 0 atom stereocenters. The summed E-state index contributed by atoms with van der Waals surface area (Å²) in [6.07, 6.45) is 4.53. The molecule has 0 fully saturated rings. The van der Waals surface area contributed by atoms with Crippen LogP contribution in [0, 0.1) is 0 Å². The highest BCUT2D eigenvalue weighted by Gasteiger charge is 2.28. The van der Waals surface area contributed by atoms with Crippen molar-refractivity contribution in [3.8, 4) is 5.75 Å². The molecule has 4 rings (SSSR count). The fraction of sp³-hybridized carbons (Fsp3) is 0.400. The van der Waals surface area contributed by atoms with Crippen molar-refractivity contribution in [3.05, 3.63) is 53.7 Å². The van der Waals surface area contributed by atoms with E-state index in [4.69, 9.17) is 4.74 Å². The van der Waals surface area contributed by atoms with E-state index in [1.165, 1.54) is 29.7 Å². The molecule has 0 amide bonds. The number of anilines is 4. The van der Waals surface area contributed by atoms with Crippen molar-refractivity contribution in [2.75, 3.05) is 54.8 Å². The smallest absolute Gasteiger partial charge is 0.149 e. The van der Waals surface area contributed by atoms with Crippen LogP contribution in [0.15, 0.2) is 47.7 Å². The van der Waals surface area contributed by atoms with Crippen LogP contribution < -0.4 is 25.3 Å². The molecule has 0 saturated heterocycles. The minimum atomic E-state index is 0.823. The van der Waals surface area contributed by atoms with E-state index in [1.54, 1.807) is 7.11 Å². The maximum Gasteiger partial charge on any atom is 0.149 e.